The van der Waals surface area contributed by atoms with Gasteiger partial charge in [0.25, 0.3) is 0 Å². The number of carboxylic acid groups (broad SMARTS) is 1. The summed E-state index contributed by atoms with van der Waals surface area (Å²) < 4.78 is 21.5. The van der Waals surface area contributed by atoms with E-state index in [-0.39, 0.29) is 12.4 Å². The third-order valence-corrected chi connectivity index (χ3v) is 7.18. The van der Waals surface area contributed by atoms with Gasteiger partial charge in [0.15, 0.2) is 0 Å². The van der Waals surface area contributed by atoms with Crippen molar-refractivity contribution in [1.82, 2.24) is 14.8 Å². The number of aromatic nitrogens is 3. The average molecular weight is 484 g/mol. The summed E-state index contributed by atoms with van der Waals surface area (Å²) in [6.07, 6.45) is 7.08. The Labute approximate surface area is 203 Å². The molecule has 1 aromatic carbocycles. The van der Waals surface area contributed by atoms with Crippen LogP contribution in [0.25, 0.3) is 22.4 Å². The van der Waals surface area contributed by atoms with Gasteiger partial charge in [-0.05, 0) is 49.3 Å². The van der Waals surface area contributed by atoms with Crippen molar-refractivity contribution in [1.29, 1.82) is 0 Å². The number of carboxylic acids is 1. The van der Waals surface area contributed by atoms with Crippen molar-refractivity contribution in [2.24, 2.45) is 11.8 Å². The average Bonchev–Trinajstić information content (AvgIpc) is 3.19. The van der Waals surface area contributed by atoms with Crippen LogP contribution in [0.3, 0.4) is 0 Å². The van der Waals surface area contributed by atoms with Crippen molar-refractivity contribution in [2.45, 2.75) is 44.2 Å². The molecule has 34 heavy (non-hydrogen) atoms. The number of aliphatic carboxylic acids is 1. The van der Waals surface area contributed by atoms with Gasteiger partial charge in [-0.1, -0.05) is 37.3 Å². The molecular weight excluding hydrogens is 453 g/mol. The summed E-state index contributed by atoms with van der Waals surface area (Å²) >= 11 is 1.72. The number of hydrogen-bond donors (Lipinski definition) is 1. The number of pyridine rings is 1. The van der Waals surface area contributed by atoms with Gasteiger partial charge in [-0.25, -0.2) is 9.18 Å². The minimum atomic E-state index is -0.924. The molecule has 4 rings (SSSR count). The Morgan fingerprint density at radius 1 is 1.15 bits per heavy atom. The standard InChI is InChI=1S/C26H30FN3O3S/c1-2-34-26-24(21-12-22(27)14-28-13-21)25(20-6-4-3-5-7-20)29-30(26)15-18-8-10-19(11-9-18)16-33-17-23(31)32/h3-7,12-14,18-19H,2,8-11,15-17H2,1H3,(H,31,32). The Morgan fingerprint density at radius 2 is 1.88 bits per heavy atom. The SMILES string of the molecule is CCSc1c(-c2cncc(F)c2)c(-c2ccccc2)nn1CC1CCC(COCC(=O)O)CC1. The van der Waals surface area contributed by atoms with Crippen LogP contribution < -0.4 is 0 Å². The lowest BCUT2D eigenvalue weighted by molar-refractivity contribution is -0.142. The number of halogens is 1. The molecule has 2 aromatic heterocycles. The summed E-state index contributed by atoms with van der Waals surface area (Å²) in [6.45, 7) is 3.19. The zero-order chi connectivity index (χ0) is 23.9. The topological polar surface area (TPSA) is 77.2 Å². The highest BCUT2D eigenvalue weighted by Gasteiger charge is 2.26. The molecule has 0 radical (unpaired) electrons. The van der Waals surface area contributed by atoms with Crippen LogP contribution in [-0.2, 0) is 16.1 Å². The minimum Gasteiger partial charge on any atom is -0.480 e. The zero-order valence-corrected chi connectivity index (χ0v) is 20.1. The van der Waals surface area contributed by atoms with Gasteiger partial charge in [0, 0.05) is 29.4 Å². The highest BCUT2D eigenvalue weighted by Crippen LogP contribution is 2.40. The summed E-state index contributed by atoms with van der Waals surface area (Å²) in [5.41, 5.74) is 3.51. The highest BCUT2D eigenvalue weighted by atomic mass is 32.2. The van der Waals surface area contributed by atoms with Gasteiger partial charge >= 0.3 is 5.97 Å². The first kappa shape index (κ1) is 24.4. The van der Waals surface area contributed by atoms with Crippen LogP contribution in [-0.4, -0.2) is 44.8 Å². The summed E-state index contributed by atoms with van der Waals surface area (Å²) in [5, 5.41) is 14.8. The van der Waals surface area contributed by atoms with Crippen LogP contribution in [0.4, 0.5) is 4.39 Å². The van der Waals surface area contributed by atoms with Gasteiger partial charge in [0.2, 0.25) is 0 Å². The summed E-state index contributed by atoms with van der Waals surface area (Å²) in [4.78, 5) is 14.8. The van der Waals surface area contributed by atoms with Crippen LogP contribution in [0.2, 0.25) is 0 Å². The molecular formula is C26H30FN3O3S. The molecule has 0 bridgehead atoms. The smallest absolute Gasteiger partial charge is 0.329 e. The normalized spacial score (nSPS) is 18.2. The van der Waals surface area contributed by atoms with E-state index in [0.717, 1.165) is 65.4 Å². The lowest BCUT2D eigenvalue weighted by atomic mass is 9.82. The number of nitrogens with zero attached hydrogens (tertiary/aromatic N) is 3. The molecule has 0 amide bonds. The van der Waals surface area contributed by atoms with E-state index in [0.29, 0.717) is 18.4 Å². The lowest BCUT2D eigenvalue weighted by Crippen LogP contribution is -2.23. The van der Waals surface area contributed by atoms with Crippen LogP contribution in [0.15, 0.2) is 53.8 Å². The van der Waals surface area contributed by atoms with Crippen molar-refractivity contribution in [2.75, 3.05) is 19.0 Å². The van der Waals surface area contributed by atoms with E-state index >= 15 is 0 Å². The monoisotopic (exact) mass is 483 g/mol. The largest absolute Gasteiger partial charge is 0.480 e. The van der Waals surface area contributed by atoms with Gasteiger partial charge in [-0.15, -0.1) is 11.8 Å². The second-order valence-corrected chi connectivity index (χ2v) is 9.95. The number of thioether (sulfide) groups is 1. The Balaban J connectivity index is 1.59. The van der Waals surface area contributed by atoms with E-state index in [9.17, 15) is 9.18 Å². The van der Waals surface area contributed by atoms with Crippen molar-refractivity contribution in [3.05, 3.63) is 54.6 Å². The molecule has 0 atom stereocenters. The van der Waals surface area contributed by atoms with Gasteiger partial charge < -0.3 is 9.84 Å². The number of ether oxygens (including phenoxy) is 1. The van der Waals surface area contributed by atoms with Gasteiger partial charge in [0.05, 0.1) is 12.8 Å². The number of carbonyl (C=O) groups is 1. The Kier molecular flexibility index (Phi) is 8.34. The molecule has 0 unspecified atom stereocenters. The van der Waals surface area contributed by atoms with E-state index in [1.54, 1.807) is 18.0 Å². The molecule has 0 saturated heterocycles. The molecule has 6 nitrogen and oxygen atoms in total. The Bertz CT molecular complexity index is 1100. The molecule has 0 aliphatic heterocycles. The zero-order valence-electron chi connectivity index (χ0n) is 19.3. The fraction of sp³-hybridized carbons (Fsp3) is 0.423. The third-order valence-electron chi connectivity index (χ3n) is 6.20. The van der Waals surface area contributed by atoms with Crippen molar-refractivity contribution < 1.29 is 19.0 Å². The van der Waals surface area contributed by atoms with Crippen LogP contribution >= 0.6 is 11.8 Å². The molecule has 3 aromatic rings. The summed E-state index contributed by atoms with van der Waals surface area (Å²) in [5.74, 6) is 0.482. The van der Waals surface area contributed by atoms with Crippen molar-refractivity contribution in [3.63, 3.8) is 0 Å². The lowest BCUT2D eigenvalue weighted by Gasteiger charge is -2.28. The van der Waals surface area contributed by atoms with Gasteiger partial charge in [-0.2, -0.15) is 5.10 Å². The predicted octanol–water partition coefficient (Wildman–Crippen LogP) is 5.77. The predicted molar refractivity (Wildman–Crippen MR) is 131 cm³/mol. The second-order valence-electron chi connectivity index (χ2n) is 8.70. The van der Waals surface area contributed by atoms with Crippen molar-refractivity contribution >= 4 is 17.7 Å². The minimum absolute atomic E-state index is 0.231. The van der Waals surface area contributed by atoms with E-state index in [1.165, 1.54) is 12.3 Å². The quantitative estimate of drug-likeness (QED) is 0.369. The fourth-order valence-electron chi connectivity index (χ4n) is 4.60. The molecule has 2 heterocycles. The van der Waals surface area contributed by atoms with Crippen LogP contribution in [0.1, 0.15) is 32.6 Å². The molecule has 1 aliphatic carbocycles. The molecule has 1 fully saturated rings. The van der Waals surface area contributed by atoms with E-state index < -0.39 is 5.97 Å². The van der Waals surface area contributed by atoms with Crippen LogP contribution in [0.5, 0.6) is 0 Å². The maximum absolute atomic E-state index is 14.1. The Hall–Kier alpha value is -2.71. The maximum Gasteiger partial charge on any atom is 0.329 e. The second kappa shape index (κ2) is 11.6. The Morgan fingerprint density at radius 3 is 2.56 bits per heavy atom. The third kappa shape index (κ3) is 6.04. The first-order valence-electron chi connectivity index (χ1n) is 11.7. The first-order chi connectivity index (χ1) is 16.5. The summed E-state index contributed by atoms with van der Waals surface area (Å²) in [7, 11) is 0. The molecule has 1 aliphatic rings. The summed E-state index contributed by atoms with van der Waals surface area (Å²) in [6, 6.07) is 11.6. The molecule has 0 spiro atoms. The number of hydrogen-bond acceptors (Lipinski definition) is 5. The number of benzene rings is 1. The van der Waals surface area contributed by atoms with E-state index in [1.807, 2.05) is 30.3 Å². The molecule has 1 saturated carbocycles. The van der Waals surface area contributed by atoms with E-state index in [2.05, 4.69) is 16.6 Å². The first-order valence-corrected chi connectivity index (χ1v) is 12.7. The fourth-order valence-corrected chi connectivity index (χ4v) is 5.50. The highest BCUT2D eigenvalue weighted by molar-refractivity contribution is 7.99. The van der Waals surface area contributed by atoms with Gasteiger partial charge in [-0.3, -0.25) is 9.67 Å². The molecule has 8 heteroatoms. The van der Waals surface area contributed by atoms with Crippen LogP contribution in [0, 0.1) is 17.7 Å². The molecule has 1 N–H and O–H groups in total. The van der Waals surface area contributed by atoms with E-state index in [4.69, 9.17) is 14.9 Å². The molecule has 180 valence electrons. The van der Waals surface area contributed by atoms with Crippen molar-refractivity contribution in [3.8, 4) is 22.4 Å². The van der Waals surface area contributed by atoms with Gasteiger partial charge in [0.1, 0.15) is 23.1 Å². The number of rotatable bonds is 10. The maximum atomic E-state index is 14.1.